The molecule has 0 unspecified atom stereocenters. The minimum Gasteiger partial charge on any atom is -0.488 e. The summed E-state index contributed by atoms with van der Waals surface area (Å²) in [6, 6.07) is 23.5. The van der Waals surface area contributed by atoms with E-state index in [4.69, 9.17) is 9.84 Å². The van der Waals surface area contributed by atoms with E-state index in [2.05, 4.69) is 0 Å². The summed E-state index contributed by atoms with van der Waals surface area (Å²) in [5.74, 6) is 1.58. The van der Waals surface area contributed by atoms with E-state index in [0.717, 1.165) is 11.1 Å². The molecule has 0 aliphatic heterocycles. The van der Waals surface area contributed by atoms with Crippen molar-refractivity contribution in [3.8, 4) is 5.75 Å². The van der Waals surface area contributed by atoms with Crippen molar-refractivity contribution in [3.05, 3.63) is 107 Å². The van der Waals surface area contributed by atoms with Gasteiger partial charge >= 0.3 is 5.97 Å². The van der Waals surface area contributed by atoms with Crippen LogP contribution in [0, 0.1) is 0 Å². The quantitative estimate of drug-likeness (QED) is 0.475. The predicted molar refractivity (Wildman–Crippen MR) is 109 cm³/mol. The van der Waals surface area contributed by atoms with Gasteiger partial charge in [0.25, 0.3) is 0 Å². The Morgan fingerprint density at radius 1 is 0.929 bits per heavy atom. The lowest BCUT2D eigenvalue weighted by Crippen LogP contribution is -1.98. The molecule has 4 heteroatoms. The lowest BCUT2D eigenvalue weighted by atomic mass is 10.0. The van der Waals surface area contributed by atoms with Crippen LogP contribution in [0.25, 0.3) is 11.6 Å². The summed E-state index contributed by atoms with van der Waals surface area (Å²) in [6.07, 6.45) is 3.38. The molecule has 0 aliphatic carbocycles. The molecule has 0 fully saturated rings. The second-order valence-corrected chi connectivity index (χ2v) is 6.05. The fourth-order valence-corrected chi connectivity index (χ4v) is 2.65. The molecule has 28 heavy (non-hydrogen) atoms. The maximum Gasteiger partial charge on any atom is 0.335 e. The summed E-state index contributed by atoms with van der Waals surface area (Å²) in [4.78, 5) is 22.5. The van der Waals surface area contributed by atoms with Gasteiger partial charge < -0.3 is 9.84 Å². The fourth-order valence-electron chi connectivity index (χ4n) is 2.65. The first-order valence-electron chi connectivity index (χ1n) is 8.70. The molecule has 0 spiro atoms. The van der Waals surface area contributed by atoms with Crippen LogP contribution in [-0.4, -0.2) is 17.0 Å². The van der Waals surface area contributed by atoms with Gasteiger partial charge in [-0.15, -0.1) is 0 Å². The summed E-state index contributed by atoms with van der Waals surface area (Å²) in [6.45, 7) is 0.393. The second kappa shape index (κ2) is 9.17. The van der Waals surface area contributed by atoms with E-state index in [0.29, 0.717) is 23.5 Å². The minimum absolute atomic E-state index is 0.211. The smallest absolute Gasteiger partial charge is 0.335 e. The van der Waals surface area contributed by atoms with Crippen LogP contribution in [0.15, 0.2) is 84.9 Å². The number of para-hydroxylation sites is 1. The van der Waals surface area contributed by atoms with Crippen LogP contribution >= 0.6 is 0 Å². The molecule has 3 aromatic carbocycles. The maximum atomic E-state index is 11.6. The van der Waals surface area contributed by atoms with Crippen molar-refractivity contribution < 1.29 is 19.4 Å². The van der Waals surface area contributed by atoms with Crippen LogP contribution in [0.1, 0.15) is 27.0 Å². The van der Waals surface area contributed by atoms with E-state index in [1.807, 2.05) is 54.5 Å². The Balaban J connectivity index is 1.79. The number of allylic oxidation sites excluding steroid dienone is 2. The summed E-state index contributed by atoms with van der Waals surface area (Å²) in [5, 5.41) is 8.96. The monoisotopic (exact) mass is 370 g/mol. The first-order chi connectivity index (χ1) is 13.7. The summed E-state index contributed by atoms with van der Waals surface area (Å²) >= 11 is 0. The van der Waals surface area contributed by atoms with Gasteiger partial charge in [0.15, 0.2) is 0 Å². The third kappa shape index (κ3) is 4.85. The number of carboxylic acids is 1. The molecule has 3 aromatic rings. The Morgan fingerprint density at radius 2 is 1.61 bits per heavy atom. The van der Waals surface area contributed by atoms with Gasteiger partial charge in [0.05, 0.1) is 11.1 Å². The molecule has 1 N–H and O–H groups in total. The topological polar surface area (TPSA) is 63.6 Å². The Kier molecular flexibility index (Phi) is 6.19. The summed E-state index contributed by atoms with van der Waals surface area (Å²) < 4.78 is 5.90. The highest BCUT2D eigenvalue weighted by Gasteiger charge is 2.08. The van der Waals surface area contributed by atoms with E-state index in [-0.39, 0.29) is 5.56 Å². The van der Waals surface area contributed by atoms with Crippen molar-refractivity contribution in [1.29, 1.82) is 0 Å². The lowest BCUT2D eigenvalue weighted by Gasteiger charge is -2.11. The Morgan fingerprint density at radius 3 is 2.29 bits per heavy atom. The summed E-state index contributed by atoms with van der Waals surface area (Å²) in [7, 11) is 0. The molecule has 0 heterocycles. The molecule has 0 amide bonds. The second-order valence-electron chi connectivity index (χ2n) is 6.05. The zero-order valence-electron chi connectivity index (χ0n) is 15.0. The number of benzene rings is 3. The van der Waals surface area contributed by atoms with Crippen molar-refractivity contribution in [2.24, 2.45) is 0 Å². The van der Waals surface area contributed by atoms with Gasteiger partial charge in [-0.3, -0.25) is 0 Å². The van der Waals surface area contributed by atoms with Crippen LogP contribution in [0.5, 0.6) is 5.75 Å². The molecule has 3 rings (SSSR count). The number of rotatable bonds is 7. The Labute approximate surface area is 163 Å². The molecule has 0 aliphatic rings. The van der Waals surface area contributed by atoms with Crippen molar-refractivity contribution in [1.82, 2.24) is 0 Å². The number of ether oxygens (including phenoxy) is 1. The highest BCUT2D eigenvalue weighted by molar-refractivity contribution is 5.97. The van der Waals surface area contributed by atoms with Crippen LogP contribution in [-0.2, 0) is 11.4 Å². The Hall–Kier alpha value is -3.88. The summed E-state index contributed by atoms with van der Waals surface area (Å²) in [5.41, 5.74) is 3.02. The molecule has 0 bridgehead atoms. The van der Waals surface area contributed by atoms with Gasteiger partial charge in [-0.05, 0) is 41.5 Å². The average Bonchev–Trinajstić information content (AvgIpc) is 2.74. The van der Waals surface area contributed by atoms with Crippen molar-refractivity contribution in [2.75, 3.05) is 0 Å². The fraction of sp³-hybridized carbons (Fsp3) is 0.0417. The molecule has 138 valence electrons. The highest BCUT2D eigenvalue weighted by Crippen LogP contribution is 2.26. The van der Waals surface area contributed by atoms with Crippen LogP contribution < -0.4 is 4.74 Å². The van der Waals surface area contributed by atoms with Gasteiger partial charge in [-0.25, -0.2) is 9.59 Å². The number of hydrogen-bond acceptors (Lipinski definition) is 3. The van der Waals surface area contributed by atoms with E-state index < -0.39 is 5.97 Å². The van der Waals surface area contributed by atoms with Gasteiger partial charge in [-0.2, -0.15) is 0 Å². The first-order valence-corrected chi connectivity index (χ1v) is 8.70. The third-order valence-corrected chi connectivity index (χ3v) is 4.12. The normalized spacial score (nSPS) is 10.4. The van der Waals surface area contributed by atoms with Crippen LogP contribution in [0.3, 0.4) is 0 Å². The van der Waals surface area contributed by atoms with E-state index in [9.17, 15) is 9.59 Å². The van der Waals surface area contributed by atoms with Gasteiger partial charge in [-0.1, -0.05) is 60.7 Å². The van der Waals surface area contributed by atoms with Gasteiger partial charge in [0, 0.05) is 5.56 Å². The Bertz CT molecular complexity index is 1030. The zero-order chi connectivity index (χ0) is 19.8. The van der Waals surface area contributed by atoms with Crippen LogP contribution in [0.4, 0.5) is 0 Å². The third-order valence-electron chi connectivity index (χ3n) is 4.12. The number of carbonyl (C=O) groups is 1. The van der Waals surface area contributed by atoms with Crippen molar-refractivity contribution >= 4 is 23.6 Å². The van der Waals surface area contributed by atoms with Crippen molar-refractivity contribution in [3.63, 3.8) is 0 Å². The minimum atomic E-state index is -0.978. The largest absolute Gasteiger partial charge is 0.488 e. The number of carboxylic acid groups (broad SMARTS) is 1. The molecule has 0 radical (unpaired) electrons. The van der Waals surface area contributed by atoms with E-state index in [1.165, 1.54) is 12.1 Å². The molecule has 0 aromatic heterocycles. The molecule has 0 saturated heterocycles. The lowest BCUT2D eigenvalue weighted by molar-refractivity contribution is 0.0697. The number of hydrogen-bond donors (Lipinski definition) is 1. The first kappa shape index (κ1) is 18.9. The maximum absolute atomic E-state index is 11.6. The van der Waals surface area contributed by atoms with E-state index in [1.54, 1.807) is 30.4 Å². The number of carbonyl (C=O) groups excluding carboxylic acids is 1. The SMILES string of the molecule is O=C=C(C=Cc1ccc(C(=O)O)cc1)c1ccccc1OCc1ccccc1. The molecular weight excluding hydrogens is 352 g/mol. The van der Waals surface area contributed by atoms with Crippen molar-refractivity contribution in [2.45, 2.75) is 6.61 Å². The van der Waals surface area contributed by atoms with Crippen LogP contribution in [0.2, 0.25) is 0 Å². The molecule has 0 atom stereocenters. The molecular formula is C24H18O4. The zero-order valence-corrected chi connectivity index (χ0v) is 15.0. The van der Waals surface area contributed by atoms with Gasteiger partial charge in [0.2, 0.25) is 0 Å². The number of aromatic carboxylic acids is 1. The predicted octanol–water partition coefficient (Wildman–Crippen LogP) is 4.89. The molecule has 4 nitrogen and oxygen atoms in total. The average molecular weight is 370 g/mol. The molecule has 0 saturated carbocycles. The van der Waals surface area contributed by atoms with Gasteiger partial charge in [0.1, 0.15) is 18.3 Å². The standard InChI is InChI=1S/C24H18O4/c25-16-21(15-12-18-10-13-20(14-11-18)24(26)27)22-8-4-5-9-23(22)28-17-19-6-2-1-3-7-19/h1-15H,17H2,(H,26,27). The van der Waals surface area contributed by atoms with E-state index >= 15 is 0 Å². The highest BCUT2D eigenvalue weighted by atomic mass is 16.5.